The Bertz CT molecular complexity index is 815. The van der Waals surface area contributed by atoms with Crippen molar-refractivity contribution in [2.45, 2.75) is 13.5 Å². The average molecular weight is 340 g/mol. The van der Waals surface area contributed by atoms with E-state index in [2.05, 4.69) is 0 Å². The van der Waals surface area contributed by atoms with Crippen LogP contribution in [0.15, 0.2) is 48.5 Å². The van der Waals surface area contributed by atoms with Gasteiger partial charge < -0.3 is 4.90 Å². The number of rotatable bonds is 5. The van der Waals surface area contributed by atoms with Crippen LogP contribution in [-0.2, 0) is 11.3 Å². The molecule has 25 heavy (non-hydrogen) atoms. The highest BCUT2D eigenvalue weighted by molar-refractivity contribution is 6.22. The van der Waals surface area contributed by atoms with E-state index in [-0.39, 0.29) is 24.8 Å². The maximum atomic E-state index is 13.3. The highest BCUT2D eigenvalue weighted by Crippen LogP contribution is 2.22. The molecule has 0 N–H and O–H groups in total. The van der Waals surface area contributed by atoms with Gasteiger partial charge in [0.1, 0.15) is 12.4 Å². The molecule has 0 bridgehead atoms. The molecule has 6 heteroatoms. The highest BCUT2D eigenvalue weighted by atomic mass is 19.1. The summed E-state index contributed by atoms with van der Waals surface area (Å²) in [7, 11) is 0. The number of nitrogens with zero attached hydrogens (tertiary/aromatic N) is 2. The van der Waals surface area contributed by atoms with Crippen LogP contribution in [0.2, 0.25) is 0 Å². The Kier molecular flexibility index (Phi) is 4.61. The van der Waals surface area contributed by atoms with E-state index in [1.165, 1.54) is 17.0 Å². The van der Waals surface area contributed by atoms with E-state index in [9.17, 15) is 18.8 Å². The lowest BCUT2D eigenvalue weighted by atomic mass is 10.1. The predicted molar refractivity (Wildman–Crippen MR) is 89.3 cm³/mol. The Morgan fingerprint density at radius 2 is 1.68 bits per heavy atom. The van der Waals surface area contributed by atoms with Gasteiger partial charge in [-0.15, -0.1) is 0 Å². The molecule has 0 radical (unpaired) electrons. The van der Waals surface area contributed by atoms with Crippen LogP contribution in [0, 0.1) is 5.82 Å². The van der Waals surface area contributed by atoms with Crippen LogP contribution < -0.4 is 0 Å². The zero-order chi connectivity index (χ0) is 18.0. The number of hydrogen-bond acceptors (Lipinski definition) is 3. The smallest absolute Gasteiger partial charge is 0.262 e. The fourth-order valence-corrected chi connectivity index (χ4v) is 2.85. The van der Waals surface area contributed by atoms with E-state index in [1.54, 1.807) is 43.3 Å². The standard InChI is InChI=1S/C19H17FN2O3/c1-2-21(11-13-6-5-7-14(20)10-13)17(23)12-22-18(24)15-8-3-4-9-16(15)19(22)25/h3-10H,2,11-12H2,1H3. The quantitative estimate of drug-likeness (QED) is 0.786. The first-order valence-corrected chi connectivity index (χ1v) is 7.98. The van der Waals surface area contributed by atoms with Gasteiger partial charge in [-0.1, -0.05) is 24.3 Å². The number of imide groups is 1. The molecule has 1 aliphatic heterocycles. The first-order valence-electron chi connectivity index (χ1n) is 7.98. The van der Waals surface area contributed by atoms with Crippen LogP contribution in [0.4, 0.5) is 4.39 Å². The molecule has 1 aliphatic rings. The lowest BCUT2D eigenvalue weighted by Crippen LogP contribution is -2.42. The van der Waals surface area contributed by atoms with Gasteiger partial charge in [-0.3, -0.25) is 19.3 Å². The zero-order valence-corrected chi connectivity index (χ0v) is 13.7. The van der Waals surface area contributed by atoms with E-state index < -0.39 is 11.8 Å². The van der Waals surface area contributed by atoms with Gasteiger partial charge in [-0.25, -0.2) is 4.39 Å². The van der Waals surface area contributed by atoms with Crippen LogP contribution in [-0.4, -0.2) is 40.6 Å². The summed E-state index contributed by atoms with van der Waals surface area (Å²) >= 11 is 0. The van der Waals surface area contributed by atoms with Gasteiger partial charge in [0.2, 0.25) is 5.91 Å². The Labute approximate surface area is 144 Å². The molecule has 5 nitrogen and oxygen atoms in total. The van der Waals surface area contributed by atoms with Crippen molar-refractivity contribution in [3.8, 4) is 0 Å². The molecule has 2 aromatic rings. The van der Waals surface area contributed by atoms with Gasteiger partial charge in [-0.05, 0) is 36.8 Å². The lowest BCUT2D eigenvalue weighted by Gasteiger charge is -2.23. The van der Waals surface area contributed by atoms with Crippen molar-refractivity contribution in [1.29, 1.82) is 0 Å². The van der Waals surface area contributed by atoms with E-state index in [0.29, 0.717) is 23.2 Å². The summed E-state index contributed by atoms with van der Waals surface area (Å²) in [6, 6.07) is 12.5. The maximum Gasteiger partial charge on any atom is 0.262 e. The third-order valence-electron chi connectivity index (χ3n) is 4.17. The summed E-state index contributed by atoms with van der Waals surface area (Å²) in [5, 5.41) is 0. The number of carbonyl (C=O) groups excluding carboxylic acids is 3. The van der Waals surface area contributed by atoms with Gasteiger partial charge >= 0.3 is 0 Å². The second-order valence-corrected chi connectivity index (χ2v) is 5.78. The predicted octanol–water partition coefficient (Wildman–Crippen LogP) is 2.47. The fraction of sp³-hybridized carbons (Fsp3) is 0.211. The largest absolute Gasteiger partial charge is 0.337 e. The Balaban J connectivity index is 1.73. The fourth-order valence-electron chi connectivity index (χ4n) is 2.85. The second-order valence-electron chi connectivity index (χ2n) is 5.78. The average Bonchev–Trinajstić information content (AvgIpc) is 2.85. The molecular formula is C19H17FN2O3. The summed E-state index contributed by atoms with van der Waals surface area (Å²) < 4.78 is 13.3. The number of amides is 3. The number of hydrogen-bond donors (Lipinski definition) is 0. The number of likely N-dealkylation sites (N-methyl/N-ethyl adjacent to an activating group) is 1. The van der Waals surface area contributed by atoms with Gasteiger partial charge in [0.15, 0.2) is 0 Å². The minimum Gasteiger partial charge on any atom is -0.337 e. The molecule has 0 aromatic heterocycles. The monoisotopic (exact) mass is 340 g/mol. The summed E-state index contributed by atoms with van der Waals surface area (Å²) in [4.78, 5) is 39.7. The van der Waals surface area contributed by atoms with Crippen molar-refractivity contribution >= 4 is 17.7 Å². The number of halogens is 1. The Morgan fingerprint density at radius 1 is 1.04 bits per heavy atom. The van der Waals surface area contributed by atoms with Gasteiger partial charge in [0.05, 0.1) is 11.1 Å². The molecule has 0 atom stereocenters. The van der Waals surface area contributed by atoms with E-state index in [4.69, 9.17) is 0 Å². The molecule has 3 rings (SSSR count). The number of fused-ring (bicyclic) bond motifs is 1. The lowest BCUT2D eigenvalue weighted by molar-refractivity contribution is -0.131. The third-order valence-corrected chi connectivity index (χ3v) is 4.17. The number of carbonyl (C=O) groups is 3. The van der Waals surface area contributed by atoms with Crippen molar-refractivity contribution in [2.75, 3.05) is 13.1 Å². The van der Waals surface area contributed by atoms with E-state index in [1.807, 2.05) is 0 Å². The maximum absolute atomic E-state index is 13.3. The topological polar surface area (TPSA) is 57.7 Å². The van der Waals surface area contributed by atoms with Crippen LogP contribution in [0.25, 0.3) is 0 Å². The van der Waals surface area contributed by atoms with E-state index >= 15 is 0 Å². The van der Waals surface area contributed by atoms with Gasteiger partial charge in [-0.2, -0.15) is 0 Å². The molecule has 0 spiro atoms. The molecule has 0 saturated heterocycles. The zero-order valence-electron chi connectivity index (χ0n) is 13.7. The van der Waals surface area contributed by atoms with Crippen molar-refractivity contribution in [3.05, 3.63) is 71.0 Å². The van der Waals surface area contributed by atoms with Crippen molar-refractivity contribution < 1.29 is 18.8 Å². The van der Waals surface area contributed by atoms with Gasteiger partial charge in [0, 0.05) is 13.1 Å². The van der Waals surface area contributed by atoms with Crippen LogP contribution in [0.5, 0.6) is 0 Å². The molecule has 3 amide bonds. The molecule has 2 aromatic carbocycles. The van der Waals surface area contributed by atoms with Crippen LogP contribution >= 0.6 is 0 Å². The molecule has 1 heterocycles. The van der Waals surface area contributed by atoms with Crippen LogP contribution in [0.3, 0.4) is 0 Å². The first-order chi connectivity index (χ1) is 12.0. The third kappa shape index (κ3) is 3.28. The first kappa shape index (κ1) is 16.8. The molecule has 0 unspecified atom stereocenters. The van der Waals surface area contributed by atoms with Crippen molar-refractivity contribution in [1.82, 2.24) is 9.80 Å². The summed E-state index contributed by atoms with van der Waals surface area (Å²) in [5.41, 5.74) is 1.28. The van der Waals surface area contributed by atoms with Gasteiger partial charge in [0.25, 0.3) is 11.8 Å². The SMILES string of the molecule is CCN(Cc1cccc(F)c1)C(=O)CN1C(=O)c2ccccc2C1=O. The summed E-state index contributed by atoms with van der Waals surface area (Å²) in [5.74, 6) is -1.66. The summed E-state index contributed by atoms with van der Waals surface area (Å²) in [6.07, 6.45) is 0. The molecule has 128 valence electrons. The molecular weight excluding hydrogens is 323 g/mol. The summed E-state index contributed by atoms with van der Waals surface area (Å²) in [6.45, 7) is 2.07. The highest BCUT2D eigenvalue weighted by Gasteiger charge is 2.36. The molecule has 0 aliphatic carbocycles. The Hall–Kier alpha value is -3.02. The number of benzene rings is 2. The van der Waals surface area contributed by atoms with Crippen LogP contribution in [0.1, 0.15) is 33.2 Å². The Morgan fingerprint density at radius 3 is 2.24 bits per heavy atom. The second kappa shape index (κ2) is 6.84. The van der Waals surface area contributed by atoms with Crippen molar-refractivity contribution in [2.24, 2.45) is 0 Å². The van der Waals surface area contributed by atoms with E-state index in [0.717, 1.165) is 4.90 Å². The minimum atomic E-state index is -0.462. The normalized spacial score (nSPS) is 13.1. The molecule has 0 fully saturated rings. The molecule has 0 saturated carbocycles. The van der Waals surface area contributed by atoms with Crippen molar-refractivity contribution in [3.63, 3.8) is 0 Å². The minimum absolute atomic E-state index is 0.219.